The van der Waals surface area contributed by atoms with Crippen LogP contribution in [0.2, 0.25) is 0 Å². The first-order valence-corrected chi connectivity index (χ1v) is 14.3. The van der Waals surface area contributed by atoms with E-state index < -0.39 is 14.3 Å². The summed E-state index contributed by atoms with van der Waals surface area (Å²) in [6, 6.07) is 37.1. The third kappa shape index (κ3) is 3.76. The lowest BCUT2D eigenvalue weighted by atomic mass is 10.4. The van der Waals surface area contributed by atoms with E-state index in [1.54, 1.807) is 0 Å². The molecular weight excluding hydrogens is 458 g/mol. The van der Waals surface area contributed by atoms with E-state index in [0.717, 1.165) is 0 Å². The smallest absolute Gasteiger partial charge is 0.190 e. The maximum atomic E-state index is 15.1. The van der Waals surface area contributed by atoms with E-state index in [1.807, 2.05) is 121 Å². The molecule has 166 valence electrons. The molecule has 0 saturated carbocycles. The normalized spacial score (nSPS) is 11.8. The second kappa shape index (κ2) is 9.35. The fraction of sp³-hybridized carbons (Fsp3) is 0. The van der Waals surface area contributed by atoms with E-state index in [1.165, 1.54) is 12.4 Å². The third-order valence-electron chi connectivity index (χ3n) is 5.74. The number of hydrogen-bond acceptors (Lipinski definition) is 4. The van der Waals surface area contributed by atoms with Crippen LogP contribution in [-0.4, -0.2) is 9.97 Å². The summed E-state index contributed by atoms with van der Waals surface area (Å²) >= 11 is 0. The first-order valence-electron chi connectivity index (χ1n) is 10.9. The van der Waals surface area contributed by atoms with Crippen LogP contribution in [0.1, 0.15) is 0 Å². The first kappa shape index (κ1) is 22.2. The van der Waals surface area contributed by atoms with Crippen molar-refractivity contribution in [2.24, 2.45) is 0 Å². The summed E-state index contributed by atoms with van der Waals surface area (Å²) in [6.07, 6.45) is 3.05. The molecule has 4 nitrogen and oxygen atoms in total. The van der Waals surface area contributed by atoms with Gasteiger partial charge in [-0.25, -0.2) is 9.97 Å². The van der Waals surface area contributed by atoms with Gasteiger partial charge in [0.25, 0.3) is 0 Å². The summed E-state index contributed by atoms with van der Waals surface area (Å²) in [5.74, 6) is 0. The van der Waals surface area contributed by atoms with Crippen LogP contribution >= 0.6 is 14.3 Å². The number of hydrogen-bond donors (Lipinski definition) is 0. The van der Waals surface area contributed by atoms with E-state index in [-0.39, 0.29) is 10.9 Å². The fourth-order valence-electron chi connectivity index (χ4n) is 4.11. The minimum absolute atomic E-state index is 0.253. The molecule has 0 aliphatic rings. The van der Waals surface area contributed by atoms with Gasteiger partial charge in [-0.15, -0.1) is 0 Å². The van der Waals surface area contributed by atoms with Crippen molar-refractivity contribution in [1.82, 2.24) is 9.97 Å². The minimum atomic E-state index is -3.50. The largest absolute Gasteiger partial charge is 0.307 e. The van der Waals surface area contributed by atoms with Crippen LogP contribution < -0.4 is 32.1 Å². The molecule has 1 aromatic heterocycles. The molecule has 0 amide bonds. The van der Waals surface area contributed by atoms with Crippen LogP contribution in [0.3, 0.4) is 0 Å². The van der Waals surface area contributed by atoms with Gasteiger partial charge < -0.3 is 9.13 Å². The zero-order valence-corrected chi connectivity index (χ0v) is 20.1. The van der Waals surface area contributed by atoms with Crippen LogP contribution in [0.25, 0.3) is 0 Å². The number of aromatic nitrogens is 2. The zero-order valence-electron chi connectivity index (χ0n) is 18.3. The van der Waals surface area contributed by atoms with Gasteiger partial charge in [0, 0.05) is 33.6 Å². The van der Waals surface area contributed by atoms with Gasteiger partial charge in [0.2, 0.25) is 0 Å². The maximum absolute atomic E-state index is 15.1. The molecule has 0 N–H and O–H groups in total. The maximum Gasteiger partial charge on any atom is 0.190 e. The first-order chi connectivity index (χ1) is 16.6. The van der Waals surface area contributed by atoms with Gasteiger partial charge >= 0.3 is 0 Å². The van der Waals surface area contributed by atoms with Crippen LogP contribution in [0.15, 0.2) is 134 Å². The number of rotatable bonds is 6. The van der Waals surface area contributed by atoms with Crippen molar-refractivity contribution in [2.75, 3.05) is 0 Å². The fourth-order valence-corrected chi connectivity index (χ4v) is 10.0. The zero-order chi connectivity index (χ0) is 23.4. The molecule has 1 heterocycles. The standard InChI is InChI=1S/C28H22N2O2P2/c31-33(23-13-5-1-6-14-23,24-15-7-2-8-16-24)27-28(30-22-21-29-27)34(32,25-17-9-3-10-18-25)26-19-11-4-12-20-26/h1-22H. The Kier molecular flexibility index (Phi) is 6.11. The van der Waals surface area contributed by atoms with Crippen LogP contribution in [0.4, 0.5) is 0 Å². The summed E-state index contributed by atoms with van der Waals surface area (Å²) in [5.41, 5.74) is 0.506. The second-order valence-corrected chi connectivity index (χ2v) is 13.1. The van der Waals surface area contributed by atoms with Gasteiger partial charge in [-0.3, -0.25) is 0 Å². The summed E-state index contributed by atoms with van der Waals surface area (Å²) in [7, 11) is -6.99. The van der Waals surface area contributed by atoms with Crippen molar-refractivity contribution in [2.45, 2.75) is 0 Å². The average molecular weight is 480 g/mol. The second-order valence-electron chi connectivity index (χ2n) is 7.76. The van der Waals surface area contributed by atoms with Gasteiger partial charge in [0.05, 0.1) is 0 Å². The Hall–Kier alpha value is -3.58. The highest BCUT2D eigenvalue weighted by molar-refractivity contribution is 7.90. The number of nitrogens with zero attached hydrogens (tertiary/aromatic N) is 2. The summed E-state index contributed by atoms with van der Waals surface area (Å²) < 4.78 is 30.2. The van der Waals surface area contributed by atoms with Crippen molar-refractivity contribution < 1.29 is 9.13 Å². The van der Waals surface area contributed by atoms with Crippen LogP contribution in [0, 0.1) is 0 Å². The number of benzene rings is 4. The Bertz CT molecular complexity index is 1290. The van der Waals surface area contributed by atoms with Gasteiger partial charge in [0.15, 0.2) is 14.3 Å². The summed E-state index contributed by atoms with van der Waals surface area (Å²) in [4.78, 5) is 9.25. The molecule has 0 spiro atoms. The molecule has 4 aromatic carbocycles. The molecule has 5 rings (SSSR count). The lowest BCUT2D eigenvalue weighted by Gasteiger charge is -2.25. The SMILES string of the molecule is O=P(c1ccccc1)(c1ccccc1)c1nccnc1P(=O)(c1ccccc1)c1ccccc1. The monoisotopic (exact) mass is 480 g/mol. The molecule has 6 heteroatoms. The van der Waals surface area contributed by atoms with Gasteiger partial charge in [-0.2, -0.15) is 0 Å². The van der Waals surface area contributed by atoms with Gasteiger partial charge in [0.1, 0.15) is 10.9 Å². The Balaban J connectivity index is 1.87. The Labute approximate surface area is 199 Å². The molecule has 0 saturated heterocycles. The van der Waals surface area contributed by atoms with Crippen LogP contribution in [-0.2, 0) is 9.13 Å². The predicted octanol–water partition coefficient (Wildman–Crippen LogP) is 3.76. The molecule has 34 heavy (non-hydrogen) atoms. The molecular formula is C28H22N2O2P2. The molecule has 0 aliphatic heterocycles. The van der Waals surface area contributed by atoms with Crippen molar-refractivity contribution in [3.63, 3.8) is 0 Å². The van der Waals surface area contributed by atoms with Crippen molar-refractivity contribution in [1.29, 1.82) is 0 Å². The highest BCUT2D eigenvalue weighted by Crippen LogP contribution is 2.47. The Morgan fingerprint density at radius 1 is 0.382 bits per heavy atom. The minimum Gasteiger partial charge on any atom is -0.307 e. The molecule has 0 fully saturated rings. The van der Waals surface area contributed by atoms with E-state index in [0.29, 0.717) is 21.2 Å². The van der Waals surface area contributed by atoms with E-state index in [2.05, 4.69) is 9.97 Å². The molecule has 0 radical (unpaired) electrons. The predicted molar refractivity (Wildman–Crippen MR) is 141 cm³/mol. The highest BCUT2D eigenvalue weighted by atomic mass is 31.2. The Morgan fingerprint density at radius 3 is 0.853 bits per heavy atom. The van der Waals surface area contributed by atoms with Crippen molar-refractivity contribution in [3.8, 4) is 0 Å². The quantitative estimate of drug-likeness (QED) is 0.348. The molecule has 5 aromatic rings. The summed E-state index contributed by atoms with van der Waals surface area (Å²) in [5, 5.41) is 2.48. The van der Waals surface area contributed by atoms with Crippen molar-refractivity contribution in [3.05, 3.63) is 134 Å². The average Bonchev–Trinajstić information content (AvgIpc) is 2.94. The van der Waals surface area contributed by atoms with E-state index in [9.17, 15) is 0 Å². The third-order valence-corrected chi connectivity index (χ3v) is 11.9. The van der Waals surface area contributed by atoms with Gasteiger partial charge in [-0.05, 0) is 0 Å². The van der Waals surface area contributed by atoms with Crippen molar-refractivity contribution >= 4 is 46.4 Å². The molecule has 0 aliphatic carbocycles. The van der Waals surface area contributed by atoms with Crippen LogP contribution in [0.5, 0.6) is 0 Å². The van der Waals surface area contributed by atoms with E-state index in [4.69, 9.17) is 0 Å². The lowest BCUT2D eigenvalue weighted by Crippen LogP contribution is -2.42. The van der Waals surface area contributed by atoms with Gasteiger partial charge in [-0.1, -0.05) is 121 Å². The Morgan fingerprint density at radius 2 is 0.618 bits per heavy atom. The molecule has 0 atom stereocenters. The van der Waals surface area contributed by atoms with E-state index >= 15 is 9.13 Å². The highest BCUT2D eigenvalue weighted by Gasteiger charge is 2.41. The molecule has 0 unspecified atom stereocenters. The topological polar surface area (TPSA) is 59.9 Å². The molecule has 0 bridgehead atoms. The lowest BCUT2D eigenvalue weighted by molar-refractivity contribution is 0.589. The summed E-state index contributed by atoms with van der Waals surface area (Å²) in [6.45, 7) is 0.